The summed E-state index contributed by atoms with van der Waals surface area (Å²) in [4.78, 5) is 10.8. The molecule has 0 fully saturated rings. The number of amides is 1. The Labute approximate surface area is 63.0 Å². The van der Waals surface area contributed by atoms with E-state index in [2.05, 4.69) is 5.32 Å². The summed E-state index contributed by atoms with van der Waals surface area (Å²) in [6.45, 7) is 0. The van der Waals surface area contributed by atoms with E-state index >= 15 is 0 Å². The van der Waals surface area contributed by atoms with Gasteiger partial charge in [0, 0.05) is 6.07 Å². The molecule has 1 aromatic heterocycles. The van der Waals surface area contributed by atoms with Crippen molar-refractivity contribution in [1.82, 2.24) is 0 Å². The maximum Gasteiger partial charge on any atom is 0.229 e. The Hall–Kier alpha value is -1.58. The normalized spacial score (nSPS) is 14.4. The number of carbonyl (C=O) groups excluding carboxylic acids is 1. The second kappa shape index (κ2) is 1.95. The summed E-state index contributed by atoms with van der Waals surface area (Å²) in [6.07, 6.45) is 3.13. The van der Waals surface area contributed by atoms with Gasteiger partial charge in [0.25, 0.3) is 0 Å². The van der Waals surface area contributed by atoms with Crippen LogP contribution in [0.4, 0.5) is 5.69 Å². The van der Waals surface area contributed by atoms with Crippen LogP contribution >= 0.6 is 0 Å². The molecule has 2 heterocycles. The third-order valence-corrected chi connectivity index (χ3v) is 1.65. The molecule has 0 unspecified atom stereocenters. The van der Waals surface area contributed by atoms with Gasteiger partial charge in [0.1, 0.15) is 5.69 Å². The van der Waals surface area contributed by atoms with Crippen molar-refractivity contribution >= 4 is 11.6 Å². The second-order valence-corrected chi connectivity index (χ2v) is 2.47. The van der Waals surface area contributed by atoms with Crippen molar-refractivity contribution in [3.63, 3.8) is 0 Å². The fourth-order valence-electron chi connectivity index (χ4n) is 1.14. The van der Waals surface area contributed by atoms with Gasteiger partial charge in [-0.1, -0.05) is 0 Å². The number of aromatic nitrogens is 1. The van der Waals surface area contributed by atoms with E-state index in [1.807, 2.05) is 0 Å². The number of carbonyl (C=O) groups is 1. The maximum absolute atomic E-state index is 10.8. The monoisotopic (exact) mass is 150 g/mol. The van der Waals surface area contributed by atoms with Crippen LogP contribution in [0.25, 0.3) is 0 Å². The van der Waals surface area contributed by atoms with E-state index < -0.39 is 0 Å². The summed E-state index contributed by atoms with van der Waals surface area (Å²) in [7, 11) is 0. The van der Waals surface area contributed by atoms with Gasteiger partial charge in [-0.3, -0.25) is 4.79 Å². The molecule has 0 radical (unpaired) electrons. The number of rotatable bonds is 0. The lowest BCUT2D eigenvalue weighted by molar-refractivity contribution is -0.604. The first kappa shape index (κ1) is 6.15. The Balaban J connectivity index is 2.51. The van der Waals surface area contributed by atoms with Gasteiger partial charge in [0.2, 0.25) is 12.1 Å². The number of nitrogens with zero attached hydrogens (tertiary/aromatic N) is 1. The Bertz CT molecular complexity index is 322. The topological polar surface area (TPSA) is 56.0 Å². The van der Waals surface area contributed by atoms with E-state index in [1.165, 1.54) is 12.4 Å². The molecule has 4 heteroatoms. The largest absolute Gasteiger partial charge is 0.619 e. The molecule has 0 aromatic carbocycles. The van der Waals surface area contributed by atoms with Crippen molar-refractivity contribution in [1.29, 1.82) is 0 Å². The third-order valence-electron chi connectivity index (χ3n) is 1.65. The average Bonchev–Trinajstić information content (AvgIpc) is 2.27. The van der Waals surface area contributed by atoms with Crippen LogP contribution in [0.2, 0.25) is 0 Å². The molecule has 1 aliphatic rings. The Morgan fingerprint density at radius 3 is 3.27 bits per heavy atom. The van der Waals surface area contributed by atoms with Gasteiger partial charge in [0.05, 0.1) is 6.42 Å². The number of hydrogen-bond acceptors (Lipinski definition) is 2. The van der Waals surface area contributed by atoms with E-state index in [4.69, 9.17) is 0 Å². The second-order valence-electron chi connectivity index (χ2n) is 2.47. The first-order chi connectivity index (χ1) is 5.25. The van der Waals surface area contributed by atoms with E-state index in [9.17, 15) is 10.0 Å². The van der Waals surface area contributed by atoms with Crippen molar-refractivity contribution in [2.75, 3.05) is 5.32 Å². The molecule has 11 heavy (non-hydrogen) atoms. The molecule has 2 rings (SSSR count). The molecule has 0 aliphatic carbocycles. The van der Waals surface area contributed by atoms with Gasteiger partial charge in [-0.05, 0) is 5.56 Å². The zero-order valence-electron chi connectivity index (χ0n) is 5.70. The number of anilines is 1. The summed E-state index contributed by atoms with van der Waals surface area (Å²) in [5.41, 5.74) is 1.52. The molecule has 0 spiro atoms. The molecule has 56 valence electrons. The minimum atomic E-state index is -0.0498. The molecule has 4 nitrogen and oxygen atoms in total. The lowest BCUT2D eigenvalue weighted by atomic mass is 10.2. The fraction of sp³-hybridized carbons (Fsp3) is 0.143. The van der Waals surface area contributed by atoms with Gasteiger partial charge in [0.15, 0.2) is 6.20 Å². The summed E-state index contributed by atoms with van der Waals surface area (Å²) in [6, 6.07) is 1.65. The molecule has 1 amide bonds. The van der Waals surface area contributed by atoms with Crippen molar-refractivity contribution < 1.29 is 9.52 Å². The smallest absolute Gasteiger partial charge is 0.229 e. The van der Waals surface area contributed by atoms with E-state index in [1.54, 1.807) is 6.07 Å². The molecule has 1 aliphatic heterocycles. The molecular formula is C7H6N2O2. The standard InChI is InChI=1S/C7H6N2O2/c10-7-3-5-1-2-9(11)4-6(5)8-7/h1-2,4H,3H2,(H,8,10). The zero-order chi connectivity index (χ0) is 7.84. The lowest BCUT2D eigenvalue weighted by Gasteiger charge is -1.97. The van der Waals surface area contributed by atoms with Crippen LogP contribution in [-0.2, 0) is 11.2 Å². The minimum Gasteiger partial charge on any atom is -0.619 e. The van der Waals surface area contributed by atoms with Crippen LogP contribution in [0.3, 0.4) is 0 Å². The lowest BCUT2D eigenvalue weighted by Crippen LogP contribution is -2.24. The summed E-state index contributed by atoms with van der Waals surface area (Å²) in [5.74, 6) is -0.0498. The first-order valence-electron chi connectivity index (χ1n) is 3.27. The van der Waals surface area contributed by atoms with Gasteiger partial charge >= 0.3 is 0 Å². The number of pyridine rings is 1. The molecule has 0 atom stereocenters. The van der Waals surface area contributed by atoms with Crippen molar-refractivity contribution in [3.05, 3.63) is 29.2 Å². The van der Waals surface area contributed by atoms with Gasteiger partial charge in [-0.2, -0.15) is 4.73 Å². The predicted molar refractivity (Wildman–Crippen MR) is 37.7 cm³/mol. The summed E-state index contributed by atoms with van der Waals surface area (Å²) < 4.78 is 0.671. The van der Waals surface area contributed by atoms with Crippen molar-refractivity contribution in [2.45, 2.75) is 6.42 Å². The summed E-state index contributed by atoms with van der Waals surface area (Å²) in [5, 5.41) is 13.3. The van der Waals surface area contributed by atoms with Crippen LogP contribution in [-0.4, -0.2) is 5.91 Å². The average molecular weight is 150 g/mol. The van der Waals surface area contributed by atoms with Crippen LogP contribution in [0.15, 0.2) is 18.5 Å². The zero-order valence-corrected chi connectivity index (χ0v) is 5.70. The minimum absolute atomic E-state index is 0.0498. The van der Waals surface area contributed by atoms with Gasteiger partial charge in [-0.15, -0.1) is 0 Å². The molecule has 1 aromatic rings. The van der Waals surface area contributed by atoms with E-state index in [-0.39, 0.29) is 5.91 Å². The van der Waals surface area contributed by atoms with Gasteiger partial charge < -0.3 is 10.5 Å². The van der Waals surface area contributed by atoms with Crippen molar-refractivity contribution in [3.8, 4) is 0 Å². The third kappa shape index (κ3) is 0.920. The highest BCUT2D eigenvalue weighted by atomic mass is 16.5. The Kier molecular flexibility index (Phi) is 1.09. The molecule has 0 saturated carbocycles. The molecular weight excluding hydrogens is 144 g/mol. The van der Waals surface area contributed by atoms with Crippen LogP contribution in [0.5, 0.6) is 0 Å². The maximum atomic E-state index is 10.8. The number of nitrogens with one attached hydrogen (secondary N) is 1. The quantitative estimate of drug-likeness (QED) is 0.412. The first-order valence-corrected chi connectivity index (χ1v) is 3.27. The Morgan fingerprint density at radius 2 is 2.45 bits per heavy atom. The molecule has 1 N–H and O–H groups in total. The van der Waals surface area contributed by atoms with Crippen LogP contribution < -0.4 is 10.0 Å². The van der Waals surface area contributed by atoms with Crippen molar-refractivity contribution in [2.24, 2.45) is 0 Å². The SMILES string of the molecule is O=C1Cc2cc[n+]([O-])cc2N1. The number of fused-ring (bicyclic) bond motifs is 1. The fourth-order valence-corrected chi connectivity index (χ4v) is 1.14. The predicted octanol–water partition coefficient (Wildman–Crippen LogP) is -0.185. The van der Waals surface area contributed by atoms with Gasteiger partial charge in [-0.25, -0.2) is 0 Å². The molecule has 0 saturated heterocycles. The highest BCUT2D eigenvalue weighted by molar-refractivity contribution is 5.98. The highest BCUT2D eigenvalue weighted by Crippen LogP contribution is 2.19. The Morgan fingerprint density at radius 1 is 1.64 bits per heavy atom. The van der Waals surface area contributed by atoms with E-state index in [0.717, 1.165) is 5.56 Å². The van der Waals surface area contributed by atoms with E-state index in [0.29, 0.717) is 16.8 Å². The van der Waals surface area contributed by atoms with Crippen LogP contribution in [0, 0.1) is 5.21 Å². The summed E-state index contributed by atoms with van der Waals surface area (Å²) >= 11 is 0. The highest BCUT2D eigenvalue weighted by Gasteiger charge is 2.19. The van der Waals surface area contributed by atoms with Crippen LogP contribution in [0.1, 0.15) is 5.56 Å². The molecule has 0 bridgehead atoms. The number of hydrogen-bond donors (Lipinski definition) is 1.